The summed E-state index contributed by atoms with van der Waals surface area (Å²) < 4.78 is 27.9. The molecule has 0 aromatic carbocycles. The number of nitrogens with zero attached hydrogens (tertiary/aromatic N) is 2. The third-order valence-corrected chi connectivity index (χ3v) is 7.41. The van der Waals surface area contributed by atoms with Crippen molar-refractivity contribution in [2.24, 2.45) is 0 Å². The minimum absolute atomic E-state index is 0.00140. The Bertz CT molecular complexity index is 791. The number of rotatable bonds is 2. The molecule has 0 bridgehead atoms. The summed E-state index contributed by atoms with van der Waals surface area (Å²) in [5.41, 5.74) is 1.08. The first-order chi connectivity index (χ1) is 9.91. The van der Waals surface area contributed by atoms with Crippen LogP contribution in [0.1, 0.15) is 23.4 Å². The molecule has 0 spiro atoms. The topological polar surface area (TPSA) is 50.3 Å². The van der Waals surface area contributed by atoms with Gasteiger partial charge in [0.15, 0.2) is 0 Å². The van der Waals surface area contributed by atoms with Crippen LogP contribution in [0, 0.1) is 0 Å². The van der Waals surface area contributed by atoms with E-state index in [4.69, 9.17) is 11.6 Å². The van der Waals surface area contributed by atoms with Gasteiger partial charge >= 0.3 is 0 Å². The quantitative estimate of drug-likeness (QED) is 0.710. The number of aromatic nitrogens is 1. The highest BCUT2D eigenvalue weighted by atomic mass is 79.9. The fourth-order valence-electron chi connectivity index (χ4n) is 2.53. The highest BCUT2D eigenvalue weighted by Gasteiger charge is 2.35. The van der Waals surface area contributed by atoms with Crippen molar-refractivity contribution in [1.82, 2.24) is 9.29 Å². The van der Waals surface area contributed by atoms with Crippen molar-refractivity contribution in [2.45, 2.75) is 24.3 Å². The summed E-state index contributed by atoms with van der Waals surface area (Å²) in [6.07, 6.45) is 2.22. The SMILES string of the molecule is CC1c2ccsc2CCN1S(=O)(=O)c1cc(Br)cnc1Cl. The summed E-state index contributed by atoms with van der Waals surface area (Å²) in [6.45, 7) is 2.36. The lowest BCUT2D eigenvalue weighted by atomic mass is 10.0. The molecule has 1 atom stereocenters. The summed E-state index contributed by atoms with van der Waals surface area (Å²) in [4.78, 5) is 5.22. The Morgan fingerprint density at radius 3 is 3.05 bits per heavy atom. The number of thiophene rings is 1. The van der Waals surface area contributed by atoms with Crippen molar-refractivity contribution in [2.75, 3.05) is 6.54 Å². The van der Waals surface area contributed by atoms with Crippen LogP contribution in [-0.2, 0) is 16.4 Å². The third-order valence-electron chi connectivity index (χ3n) is 3.58. The van der Waals surface area contributed by atoms with Crippen molar-refractivity contribution in [3.05, 3.63) is 43.8 Å². The van der Waals surface area contributed by atoms with Gasteiger partial charge in [0.25, 0.3) is 0 Å². The molecule has 1 aliphatic heterocycles. The van der Waals surface area contributed by atoms with Gasteiger partial charge in [0.1, 0.15) is 10.0 Å². The molecular weight excluding hydrogens is 396 g/mol. The van der Waals surface area contributed by atoms with E-state index in [9.17, 15) is 8.42 Å². The van der Waals surface area contributed by atoms with Gasteiger partial charge in [-0.1, -0.05) is 11.6 Å². The fourth-order valence-corrected chi connectivity index (χ4v) is 6.02. The van der Waals surface area contributed by atoms with Crippen LogP contribution in [0.15, 0.2) is 33.1 Å². The number of sulfonamides is 1. The molecule has 0 radical (unpaired) electrons. The highest BCUT2D eigenvalue weighted by Crippen LogP contribution is 2.37. The van der Waals surface area contributed by atoms with Crippen LogP contribution < -0.4 is 0 Å². The van der Waals surface area contributed by atoms with E-state index in [1.54, 1.807) is 11.3 Å². The van der Waals surface area contributed by atoms with Crippen LogP contribution in [0.25, 0.3) is 0 Å². The molecule has 21 heavy (non-hydrogen) atoms. The molecule has 0 aliphatic carbocycles. The predicted octanol–water partition coefficient (Wildman–Crippen LogP) is 3.87. The standard InChI is InChI=1S/C13H12BrClN2O2S2/c1-8-10-3-5-20-11(10)2-4-17(8)21(18,19)12-6-9(14)7-16-13(12)15/h3,5-8H,2,4H2,1H3. The van der Waals surface area contributed by atoms with Gasteiger partial charge in [0.05, 0.1) is 0 Å². The molecule has 3 rings (SSSR count). The average molecular weight is 408 g/mol. The summed E-state index contributed by atoms with van der Waals surface area (Å²) in [5, 5.41) is 2.01. The maximum atomic E-state index is 12.9. The number of halogens is 2. The molecule has 0 saturated heterocycles. The van der Waals surface area contributed by atoms with Gasteiger partial charge in [-0.05, 0) is 52.4 Å². The second kappa shape index (κ2) is 5.62. The van der Waals surface area contributed by atoms with Crippen LogP contribution in [0.3, 0.4) is 0 Å². The molecule has 2 aromatic heterocycles. The lowest BCUT2D eigenvalue weighted by Gasteiger charge is -2.32. The zero-order valence-corrected chi connectivity index (χ0v) is 15.1. The van der Waals surface area contributed by atoms with E-state index in [1.165, 1.54) is 21.4 Å². The van der Waals surface area contributed by atoms with Crippen molar-refractivity contribution in [3.8, 4) is 0 Å². The Morgan fingerprint density at radius 1 is 1.52 bits per heavy atom. The van der Waals surface area contributed by atoms with Crippen LogP contribution in [0.4, 0.5) is 0 Å². The lowest BCUT2D eigenvalue weighted by molar-refractivity contribution is 0.329. The number of hydrogen-bond acceptors (Lipinski definition) is 4. The van der Waals surface area contributed by atoms with E-state index < -0.39 is 10.0 Å². The molecule has 1 unspecified atom stereocenters. The largest absolute Gasteiger partial charge is 0.246 e. The van der Waals surface area contributed by atoms with Crippen molar-refractivity contribution < 1.29 is 8.42 Å². The van der Waals surface area contributed by atoms with E-state index in [1.807, 2.05) is 18.4 Å². The smallest absolute Gasteiger partial charge is 0.242 e. The van der Waals surface area contributed by atoms with Crippen LogP contribution in [-0.4, -0.2) is 24.3 Å². The molecule has 0 amide bonds. The van der Waals surface area contributed by atoms with E-state index in [0.717, 1.165) is 12.0 Å². The summed E-state index contributed by atoms with van der Waals surface area (Å²) in [6, 6.07) is 3.30. The van der Waals surface area contributed by atoms with Crippen molar-refractivity contribution >= 4 is 48.9 Å². The van der Waals surface area contributed by atoms with Crippen molar-refractivity contribution in [3.63, 3.8) is 0 Å². The average Bonchev–Trinajstić information content (AvgIpc) is 2.91. The van der Waals surface area contributed by atoms with Gasteiger partial charge in [-0.25, -0.2) is 13.4 Å². The summed E-state index contributed by atoms with van der Waals surface area (Å²) in [5.74, 6) is 0. The monoisotopic (exact) mass is 406 g/mol. The second-order valence-corrected chi connectivity index (χ2v) is 8.92. The molecule has 1 aliphatic rings. The first-order valence-electron chi connectivity index (χ1n) is 6.30. The second-order valence-electron chi connectivity index (χ2n) is 4.78. The van der Waals surface area contributed by atoms with E-state index in [-0.39, 0.29) is 16.1 Å². The molecule has 8 heteroatoms. The van der Waals surface area contributed by atoms with E-state index >= 15 is 0 Å². The summed E-state index contributed by atoms with van der Waals surface area (Å²) >= 11 is 10.9. The van der Waals surface area contributed by atoms with Crippen LogP contribution in [0.5, 0.6) is 0 Å². The zero-order valence-electron chi connectivity index (χ0n) is 11.1. The number of fused-ring (bicyclic) bond motifs is 1. The van der Waals surface area contributed by atoms with E-state index in [2.05, 4.69) is 20.9 Å². The molecule has 2 aromatic rings. The molecule has 0 N–H and O–H groups in total. The maximum Gasteiger partial charge on any atom is 0.246 e. The van der Waals surface area contributed by atoms with Gasteiger partial charge in [-0.3, -0.25) is 0 Å². The maximum absolute atomic E-state index is 12.9. The minimum atomic E-state index is -3.67. The minimum Gasteiger partial charge on any atom is -0.242 e. The Kier molecular flexibility index (Phi) is 4.13. The zero-order chi connectivity index (χ0) is 15.2. The predicted molar refractivity (Wildman–Crippen MR) is 87.3 cm³/mol. The molecule has 0 saturated carbocycles. The number of pyridine rings is 1. The van der Waals surface area contributed by atoms with Crippen LogP contribution in [0.2, 0.25) is 5.15 Å². The van der Waals surface area contributed by atoms with Gasteiger partial charge < -0.3 is 0 Å². The fraction of sp³-hybridized carbons (Fsp3) is 0.308. The Hall–Kier alpha value is -0.470. The molecule has 4 nitrogen and oxygen atoms in total. The van der Waals surface area contributed by atoms with Gasteiger partial charge in [-0.15, -0.1) is 11.3 Å². The van der Waals surface area contributed by atoms with Gasteiger partial charge in [-0.2, -0.15) is 4.31 Å². The normalized spacial score (nSPS) is 19.5. The van der Waals surface area contributed by atoms with Crippen LogP contribution >= 0.6 is 38.9 Å². The molecule has 0 fully saturated rings. The van der Waals surface area contributed by atoms with Gasteiger partial charge in [0.2, 0.25) is 10.0 Å². The van der Waals surface area contributed by atoms with E-state index in [0.29, 0.717) is 11.0 Å². The third kappa shape index (κ3) is 2.66. The Balaban J connectivity index is 2.05. The lowest BCUT2D eigenvalue weighted by Crippen LogP contribution is -2.38. The summed E-state index contributed by atoms with van der Waals surface area (Å²) in [7, 11) is -3.67. The van der Waals surface area contributed by atoms with Crippen molar-refractivity contribution in [1.29, 1.82) is 0 Å². The molecule has 3 heterocycles. The highest BCUT2D eigenvalue weighted by molar-refractivity contribution is 9.10. The Labute approximate surface area is 140 Å². The Morgan fingerprint density at radius 2 is 2.29 bits per heavy atom. The number of hydrogen-bond donors (Lipinski definition) is 0. The molecule has 112 valence electrons. The molecular formula is C13H12BrClN2O2S2. The first-order valence-corrected chi connectivity index (χ1v) is 9.79. The first kappa shape index (κ1) is 15.4. The van der Waals surface area contributed by atoms with Gasteiger partial charge in [0, 0.05) is 28.1 Å².